The van der Waals surface area contributed by atoms with E-state index in [1.165, 1.54) is 4.57 Å². The summed E-state index contributed by atoms with van der Waals surface area (Å²) in [6, 6.07) is 14.8. The number of carbonyl (C=O) groups is 1. The number of rotatable bonds is 7. The van der Waals surface area contributed by atoms with Gasteiger partial charge in [0.05, 0.1) is 18.0 Å². The number of nitrogens with zero attached hydrogens (tertiary/aromatic N) is 2. The van der Waals surface area contributed by atoms with Crippen LogP contribution in [0, 0.1) is 0 Å². The number of fused-ring (bicyclic) bond motifs is 1. The molecule has 1 fully saturated rings. The van der Waals surface area contributed by atoms with Crippen molar-refractivity contribution >= 4 is 16.8 Å². The van der Waals surface area contributed by atoms with Gasteiger partial charge in [-0.2, -0.15) is 0 Å². The molecule has 0 atom stereocenters. The molecule has 0 spiro atoms. The number of nitrogens with one attached hydrogen (secondary N) is 1. The van der Waals surface area contributed by atoms with Crippen molar-refractivity contribution in [3.8, 4) is 5.75 Å². The van der Waals surface area contributed by atoms with Crippen LogP contribution in [0.1, 0.15) is 25.3 Å². The second-order valence-electron chi connectivity index (χ2n) is 8.33. The number of benzene rings is 2. The number of hydrogen-bond donors (Lipinski definition) is 1. The van der Waals surface area contributed by atoms with Crippen LogP contribution in [0.4, 0.5) is 0 Å². The van der Waals surface area contributed by atoms with Crippen LogP contribution in [0.5, 0.6) is 5.75 Å². The van der Waals surface area contributed by atoms with Gasteiger partial charge < -0.3 is 14.8 Å². The van der Waals surface area contributed by atoms with Crippen LogP contribution in [-0.4, -0.2) is 41.9 Å². The Labute approximate surface area is 191 Å². The van der Waals surface area contributed by atoms with E-state index in [0.717, 1.165) is 28.7 Å². The molecule has 1 saturated heterocycles. The fraction of sp³-hybridized carbons (Fsp3) is 0.400. The highest BCUT2D eigenvalue weighted by molar-refractivity contribution is 5.81. The second kappa shape index (κ2) is 9.62. The molecule has 1 N–H and O–H groups in total. The molecule has 0 aliphatic carbocycles. The molecule has 1 amide bonds. The maximum atomic E-state index is 13.0. The summed E-state index contributed by atoms with van der Waals surface area (Å²) in [4.78, 5) is 38.6. The number of hydrogen-bond acceptors (Lipinski definition) is 5. The topological polar surface area (TPSA) is 91.6 Å². The maximum absolute atomic E-state index is 13.0. The summed E-state index contributed by atoms with van der Waals surface area (Å²) in [5, 5.41) is 3.46. The molecule has 2 heterocycles. The predicted octanol–water partition coefficient (Wildman–Crippen LogP) is 2.06. The lowest BCUT2D eigenvalue weighted by atomic mass is 9.74. The molecular weight excluding hydrogens is 422 g/mol. The summed E-state index contributed by atoms with van der Waals surface area (Å²) < 4.78 is 13.4. The first-order valence-corrected chi connectivity index (χ1v) is 11.2. The molecule has 3 aromatic rings. The zero-order valence-corrected chi connectivity index (χ0v) is 19.0. The number of ether oxygens (including phenoxy) is 2. The van der Waals surface area contributed by atoms with Crippen molar-refractivity contribution in [1.82, 2.24) is 14.5 Å². The average molecular weight is 452 g/mol. The molecular formula is C25H29N3O5. The highest BCUT2D eigenvalue weighted by atomic mass is 16.5. The Morgan fingerprint density at radius 1 is 1.06 bits per heavy atom. The van der Waals surface area contributed by atoms with E-state index in [2.05, 4.69) is 5.32 Å². The average Bonchev–Trinajstić information content (AvgIpc) is 2.86. The van der Waals surface area contributed by atoms with Crippen molar-refractivity contribution in [2.45, 2.75) is 38.3 Å². The molecule has 33 heavy (non-hydrogen) atoms. The van der Waals surface area contributed by atoms with Gasteiger partial charge in [-0.1, -0.05) is 24.3 Å². The highest BCUT2D eigenvalue weighted by Gasteiger charge is 2.35. The largest absolute Gasteiger partial charge is 0.497 e. The normalized spacial score (nSPS) is 15.3. The van der Waals surface area contributed by atoms with Gasteiger partial charge >= 0.3 is 5.69 Å². The molecule has 8 nitrogen and oxygen atoms in total. The van der Waals surface area contributed by atoms with Crippen molar-refractivity contribution in [3.63, 3.8) is 0 Å². The lowest BCUT2D eigenvalue weighted by Gasteiger charge is -2.38. The van der Waals surface area contributed by atoms with Crippen molar-refractivity contribution in [2.75, 3.05) is 26.9 Å². The van der Waals surface area contributed by atoms with Crippen LogP contribution in [0.15, 0.2) is 58.1 Å². The molecule has 1 aliphatic rings. The standard InChI is InChI=1S/C25H29N3O5/c1-3-27-23(30)20-6-4-5-7-21(20)28(24(27)31)16-22(29)26-17-25(12-14-33-15-13-25)18-8-10-19(32-2)11-9-18/h4-11H,3,12-17H2,1-2H3,(H,26,29). The molecule has 0 unspecified atom stereocenters. The number of amides is 1. The van der Waals surface area contributed by atoms with Gasteiger partial charge in [-0.3, -0.25) is 18.7 Å². The third-order valence-corrected chi connectivity index (χ3v) is 6.53. The smallest absolute Gasteiger partial charge is 0.331 e. The first-order valence-electron chi connectivity index (χ1n) is 11.2. The zero-order valence-electron chi connectivity index (χ0n) is 19.0. The number of methoxy groups -OCH3 is 1. The van der Waals surface area contributed by atoms with Crippen molar-refractivity contribution < 1.29 is 14.3 Å². The van der Waals surface area contributed by atoms with Gasteiger partial charge in [-0.25, -0.2) is 4.79 Å². The molecule has 2 aromatic carbocycles. The van der Waals surface area contributed by atoms with E-state index in [1.807, 2.05) is 24.3 Å². The first-order chi connectivity index (χ1) is 16.0. The van der Waals surface area contributed by atoms with Gasteiger partial charge in [0, 0.05) is 31.7 Å². The van der Waals surface area contributed by atoms with Gasteiger partial charge in [0.15, 0.2) is 0 Å². The number of para-hydroxylation sites is 1. The summed E-state index contributed by atoms with van der Waals surface area (Å²) >= 11 is 0. The van der Waals surface area contributed by atoms with Gasteiger partial charge in [-0.15, -0.1) is 0 Å². The maximum Gasteiger partial charge on any atom is 0.331 e. The van der Waals surface area contributed by atoms with Gasteiger partial charge in [0.2, 0.25) is 5.91 Å². The van der Waals surface area contributed by atoms with Crippen LogP contribution in [-0.2, 0) is 28.0 Å². The Morgan fingerprint density at radius 2 is 1.76 bits per heavy atom. The Balaban J connectivity index is 1.59. The third-order valence-electron chi connectivity index (χ3n) is 6.53. The predicted molar refractivity (Wildman–Crippen MR) is 126 cm³/mol. The molecule has 0 radical (unpaired) electrons. The fourth-order valence-electron chi connectivity index (χ4n) is 4.54. The van der Waals surface area contributed by atoms with Gasteiger partial charge in [-0.05, 0) is 49.6 Å². The van der Waals surface area contributed by atoms with E-state index < -0.39 is 5.69 Å². The van der Waals surface area contributed by atoms with E-state index in [9.17, 15) is 14.4 Å². The second-order valence-corrected chi connectivity index (χ2v) is 8.33. The number of aromatic nitrogens is 2. The molecule has 0 saturated carbocycles. The summed E-state index contributed by atoms with van der Waals surface area (Å²) in [5.41, 5.74) is 0.509. The number of carbonyl (C=O) groups excluding carboxylic acids is 1. The monoisotopic (exact) mass is 451 g/mol. The summed E-state index contributed by atoms with van der Waals surface area (Å²) in [5.74, 6) is 0.505. The van der Waals surface area contributed by atoms with E-state index in [4.69, 9.17) is 9.47 Å². The van der Waals surface area contributed by atoms with E-state index in [0.29, 0.717) is 30.7 Å². The van der Waals surface area contributed by atoms with E-state index >= 15 is 0 Å². The first kappa shape index (κ1) is 22.8. The molecule has 174 valence electrons. The lowest BCUT2D eigenvalue weighted by Crippen LogP contribution is -2.47. The molecule has 8 heteroatoms. The van der Waals surface area contributed by atoms with Crippen LogP contribution < -0.4 is 21.3 Å². The Hall–Kier alpha value is -3.39. The Kier molecular flexibility index (Phi) is 6.65. The lowest BCUT2D eigenvalue weighted by molar-refractivity contribution is -0.122. The van der Waals surface area contributed by atoms with E-state index in [1.54, 1.807) is 38.3 Å². The van der Waals surface area contributed by atoms with Crippen molar-refractivity contribution in [2.24, 2.45) is 0 Å². The van der Waals surface area contributed by atoms with Crippen LogP contribution >= 0.6 is 0 Å². The van der Waals surface area contributed by atoms with Gasteiger partial charge in [0.25, 0.3) is 5.56 Å². The Morgan fingerprint density at radius 3 is 2.42 bits per heavy atom. The molecule has 0 bridgehead atoms. The minimum Gasteiger partial charge on any atom is -0.497 e. The molecule has 1 aliphatic heterocycles. The zero-order chi connectivity index (χ0) is 23.4. The fourth-order valence-corrected chi connectivity index (χ4v) is 4.54. The van der Waals surface area contributed by atoms with Crippen molar-refractivity contribution in [1.29, 1.82) is 0 Å². The Bertz CT molecular complexity index is 1250. The minimum absolute atomic E-state index is 0.158. The quantitative estimate of drug-likeness (QED) is 0.594. The summed E-state index contributed by atoms with van der Waals surface area (Å²) in [7, 11) is 1.63. The summed E-state index contributed by atoms with van der Waals surface area (Å²) in [6.45, 7) is 3.49. The van der Waals surface area contributed by atoms with Crippen molar-refractivity contribution in [3.05, 3.63) is 74.9 Å². The van der Waals surface area contributed by atoms with Crippen LogP contribution in [0.25, 0.3) is 10.9 Å². The van der Waals surface area contributed by atoms with Gasteiger partial charge in [0.1, 0.15) is 12.3 Å². The third kappa shape index (κ3) is 4.43. The van der Waals surface area contributed by atoms with Crippen LogP contribution in [0.2, 0.25) is 0 Å². The van der Waals surface area contributed by atoms with Crippen LogP contribution in [0.3, 0.4) is 0 Å². The van der Waals surface area contributed by atoms with E-state index in [-0.39, 0.29) is 30.0 Å². The minimum atomic E-state index is -0.479. The molecule has 1 aromatic heterocycles. The SMILES string of the molecule is CCn1c(=O)c2ccccc2n(CC(=O)NCC2(c3ccc(OC)cc3)CCOCC2)c1=O. The summed E-state index contributed by atoms with van der Waals surface area (Å²) in [6.07, 6.45) is 1.56. The molecule has 4 rings (SSSR count). The highest BCUT2D eigenvalue weighted by Crippen LogP contribution is 2.35.